The molecule has 2 aliphatic rings. The van der Waals surface area contributed by atoms with Gasteiger partial charge in [-0.05, 0) is 94.1 Å². The Kier molecular flexibility index (Phi) is 8.16. The van der Waals surface area contributed by atoms with E-state index in [0.717, 1.165) is 32.1 Å². The Hall–Kier alpha value is -1.12. The summed E-state index contributed by atoms with van der Waals surface area (Å²) in [5.41, 5.74) is -1.97. The lowest BCUT2D eigenvalue weighted by molar-refractivity contribution is -0.139. The molecule has 0 unspecified atom stereocenters. The summed E-state index contributed by atoms with van der Waals surface area (Å²) in [5.74, 6) is 0.124. The molecule has 184 valence electrons. The zero-order valence-electron chi connectivity index (χ0n) is 22.1. The summed E-state index contributed by atoms with van der Waals surface area (Å²) in [6.45, 7) is 16.5. The normalized spacial score (nSPS) is 29.8. The van der Waals surface area contributed by atoms with Gasteiger partial charge in [0.15, 0.2) is 0 Å². The topological polar surface area (TPSA) is 79.9 Å². The zero-order valence-corrected chi connectivity index (χ0v) is 22.1. The van der Waals surface area contributed by atoms with Crippen molar-refractivity contribution >= 4 is 18.9 Å². The molecule has 0 aromatic rings. The minimum absolute atomic E-state index is 0.0526. The van der Waals surface area contributed by atoms with Crippen LogP contribution in [0, 0.1) is 11.8 Å². The van der Waals surface area contributed by atoms with Crippen LogP contribution in [0.5, 0.6) is 0 Å². The zero-order chi connectivity index (χ0) is 24.5. The maximum absolute atomic E-state index is 13.6. The Morgan fingerprint density at radius 3 is 2.09 bits per heavy atom. The Morgan fingerprint density at radius 2 is 1.62 bits per heavy atom. The Balaban J connectivity index is 2.21. The van der Waals surface area contributed by atoms with Crippen LogP contribution in [0.2, 0.25) is 6.32 Å². The minimum atomic E-state index is -0.914. The van der Waals surface area contributed by atoms with Gasteiger partial charge in [0, 0.05) is 24.9 Å². The van der Waals surface area contributed by atoms with Gasteiger partial charge in [0.25, 0.3) is 0 Å². The second kappa shape index (κ2) is 9.63. The van der Waals surface area contributed by atoms with E-state index in [1.165, 1.54) is 6.92 Å². The maximum Gasteiger partial charge on any atom is 0.457 e. The minimum Gasteiger partial charge on any atom is -0.403 e. The van der Waals surface area contributed by atoms with E-state index in [4.69, 9.17) is 9.31 Å². The second-order valence-electron chi connectivity index (χ2n) is 12.2. The molecule has 0 radical (unpaired) electrons. The first-order chi connectivity index (χ1) is 14.5. The van der Waals surface area contributed by atoms with Crippen molar-refractivity contribution in [2.75, 3.05) is 20.6 Å². The van der Waals surface area contributed by atoms with Gasteiger partial charge in [-0.25, -0.2) is 0 Å². The summed E-state index contributed by atoms with van der Waals surface area (Å²) < 4.78 is 12.4. The number of nitrogens with zero attached hydrogens (tertiary/aromatic N) is 1. The van der Waals surface area contributed by atoms with Gasteiger partial charge in [-0.3, -0.25) is 9.59 Å². The Morgan fingerprint density at radius 1 is 1.06 bits per heavy atom. The standard InChI is InChI=1S/C24H46BN3O4/c1-17(29)26-24(20(30)27-21(2,3)4)15-18(11-12-19(24)16-28(9)10)13-14-25-31-22(5,6)23(7,8)32-25/h18-19H,11-16H2,1-10H3,(H,26,29)(H,27,30)/t18-,19-,24-/m0/s1. The molecule has 1 aliphatic heterocycles. The Bertz CT molecular complexity index is 673. The average molecular weight is 451 g/mol. The fourth-order valence-electron chi connectivity index (χ4n) is 5.05. The summed E-state index contributed by atoms with van der Waals surface area (Å²) >= 11 is 0. The molecule has 0 spiro atoms. The van der Waals surface area contributed by atoms with Gasteiger partial charge in [-0.15, -0.1) is 0 Å². The highest BCUT2D eigenvalue weighted by molar-refractivity contribution is 6.45. The molecule has 1 heterocycles. The lowest BCUT2D eigenvalue weighted by Gasteiger charge is -2.48. The first kappa shape index (κ1) is 27.1. The molecule has 8 heteroatoms. The number of rotatable bonds is 7. The third-order valence-corrected chi connectivity index (χ3v) is 7.22. The predicted molar refractivity (Wildman–Crippen MR) is 129 cm³/mol. The molecular formula is C24H46BN3O4. The predicted octanol–water partition coefficient (Wildman–Crippen LogP) is 3.24. The molecule has 2 rings (SSSR count). The van der Waals surface area contributed by atoms with Gasteiger partial charge in [-0.2, -0.15) is 0 Å². The highest BCUT2D eigenvalue weighted by atomic mass is 16.7. The van der Waals surface area contributed by atoms with Crippen LogP contribution in [-0.4, -0.2) is 66.8 Å². The summed E-state index contributed by atoms with van der Waals surface area (Å²) in [6.07, 6.45) is 4.24. The van der Waals surface area contributed by atoms with Crippen LogP contribution in [0.3, 0.4) is 0 Å². The SMILES string of the molecule is CC(=O)N[C@@]1(C(=O)NC(C)(C)C)C[C@H](CCB2OC(C)(C)C(C)(C)O2)CC[C@H]1CN(C)C. The molecule has 0 bridgehead atoms. The first-order valence-corrected chi connectivity index (χ1v) is 12.1. The number of amides is 2. The van der Waals surface area contributed by atoms with Gasteiger partial charge in [0.2, 0.25) is 11.8 Å². The van der Waals surface area contributed by atoms with E-state index < -0.39 is 5.54 Å². The summed E-state index contributed by atoms with van der Waals surface area (Å²) in [5, 5.41) is 6.27. The first-order valence-electron chi connectivity index (χ1n) is 12.1. The summed E-state index contributed by atoms with van der Waals surface area (Å²) in [7, 11) is 3.80. The van der Waals surface area contributed by atoms with Crippen LogP contribution in [0.25, 0.3) is 0 Å². The van der Waals surface area contributed by atoms with E-state index in [0.29, 0.717) is 12.3 Å². The van der Waals surface area contributed by atoms with E-state index in [9.17, 15) is 9.59 Å². The van der Waals surface area contributed by atoms with Gasteiger partial charge in [0.1, 0.15) is 5.54 Å². The van der Waals surface area contributed by atoms with Crippen molar-refractivity contribution in [3.05, 3.63) is 0 Å². The molecule has 1 saturated heterocycles. The molecule has 1 aliphatic carbocycles. The van der Waals surface area contributed by atoms with Crippen molar-refractivity contribution < 1.29 is 18.9 Å². The average Bonchev–Trinajstić information content (AvgIpc) is 2.79. The van der Waals surface area contributed by atoms with Gasteiger partial charge in [-0.1, -0.05) is 6.42 Å². The van der Waals surface area contributed by atoms with Crippen molar-refractivity contribution in [1.82, 2.24) is 15.5 Å². The lowest BCUT2D eigenvalue weighted by Crippen LogP contribution is -2.68. The quantitative estimate of drug-likeness (QED) is 0.581. The summed E-state index contributed by atoms with van der Waals surface area (Å²) in [6, 6.07) is 0. The third-order valence-electron chi connectivity index (χ3n) is 7.22. The number of carbonyl (C=O) groups is 2. The number of nitrogens with one attached hydrogen (secondary N) is 2. The monoisotopic (exact) mass is 451 g/mol. The summed E-state index contributed by atoms with van der Waals surface area (Å²) in [4.78, 5) is 28.0. The van der Waals surface area contributed by atoms with Crippen molar-refractivity contribution in [2.24, 2.45) is 11.8 Å². The highest BCUT2D eigenvalue weighted by Gasteiger charge is 2.53. The molecule has 32 heavy (non-hydrogen) atoms. The number of hydrogen-bond acceptors (Lipinski definition) is 5. The van der Waals surface area contributed by atoms with E-state index in [1.807, 2.05) is 34.9 Å². The van der Waals surface area contributed by atoms with Crippen molar-refractivity contribution in [3.63, 3.8) is 0 Å². The van der Waals surface area contributed by atoms with E-state index in [-0.39, 0.29) is 41.6 Å². The highest BCUT2D eigenvalue weighted by Crippen LogP contribution is 2.43. The molecule has 0 aromatic carbocycles. The Labute approximate surface area is 195 Å². The second-order valence-corrected chi connectivity index (χ2v) is 12.2. The van der Waals surface area contributed by atoms with Gasteiger partial charge >= 0.3 is 7.12 Å². The molecular weight excluding hydrogens is 405 g/mol. The molecule has 2 N–H and O–H groups in total. The van der Waals surface area contributed by atoms with Crippen LogP contribution < -0.4 is 10.6 Å². The van der Waals surface area contributed by atoms with Crippen molar-refractivity contribution in [2.45, 2.75) is 110 Å². The van der Waals surface area contributed by atoms with Gasteiger partial charge in [0.05, 0.1) is 11.2 Å². The van der Waals surface area contributed by atoms with Crippen LogP contribution >= 0.6 is 0 Å². The van der Waals surface area contributed by atoms with E-state index in [1.54, 1.807) is 0 Å². The van der Waals surface area contributed by atoms with Crippen LogP contribution in [-0.2, 0) is 18.9 Å². The number of carbonyl (C=O) groups excluding carboxylic acids is 2. The molecule has 0 aromatic heterocycles. The van der Waals surface area contributed by atoms with E-state index >= 15 is 0 Å². The van der Waals surface area contributed by atoms with E-state index in [2.05, 4.69) is 43.2 Å². The largest absolute Gasteiger partial charge is 0.457 e. The maximum atomic E-state index is 13.6. The van der Waals surface area contributed by atoms with Crippen molar-refractivity contribution in [3.8, 4) is 0 Å². The van der Waals surface area contributed by atoms with Crippen LogP contribution in [0.1, 0.15) is 81.1 Å². The molecule has 2 amide bonds. The van der Waals surface area contributed by atoms with Gasteiger partial charge < -0.3 is 24.8 Å². The fraction of sp³-hybridized carbons (Fsp3) is 0.917. The third kappa shape index (κ3) is 6.48. The van der Waals surface area contributed by atoms with Crippen LogP contribution in [0.4, 0.5) is 0 Å². The molecule has 7 nitrogen and oxygen atoms in total. The fourth-order valence-corrected chi connectivity index (χ4v) is 5.05. The van der Waals surface area contributed by atoms with Crippen LogP contribution in [0.15, 0.2) is 0 Å². The number of hydrogen-bond donors (Lipinski definition) is 2. The van der Waals surface area contributed by atoms with Crippen molar-refractivity contribution in [1.29, 1.82) is 0 Å². The smallest absolute Gasteiger partial charge is 0.403 e. The lowest BCUT2D eigenvalue weighted by atomic mass is 9.64. The molecule has 1 saturated carbocycles. The molecule has 3 atom stereocenters. The molecule has 2 fully saturated rings.